The molecule has 0 saturated heterocycles. The summed E-state index contributed by atoms with van der Waals surface area (Å²) in [5.74, 6) is 0.402. The summed E-state index contributed by atoms with van der Waals surface area (Å²) in [7, 11) is 1.82. The van der Waals surface area contributed by atoms with Crippen LogP contribution >= 0.6 is 0 Å². The number of carbonyl (C=O) groups is 1. The van der Waals surface area contributed by atoms with E-state index in [-0.39, 0.29) is 18.0 Å². The topological polar surface area (TPSA) is 59.2 Å². The first-order valence-corrected chi connectivity index (χ1v) is 6.34. The van der Waals surface area contributed by atoms with Crippen molar-refractivity contribution in [1.29, 1.82) is 0 Å². The third-order valence-electron chi connectivity index (χ3n) is 3.43. The van der Waals surface area contributed by atoms with Gasteiger partial charge in [0.1, 0.15) is 0 Å². The quantitative estimate of drug-likeness (QED) is 0.868. The van der Waals surface area contributed by atoms with Crippen molar-refractivity contribution in [1.82, 2.24) is 9.88 Å². The van der Waals surface area contributed by atoms with Crippen molar-refractivity contribution in [3.63, 3.8) is 0 Å². The number of nitrogens with two attached hydrogens (primary N) is 1. The van der Waals surface area contributed by atoms with Gasteiger partial charge in [0, 0.05) is 31.9 Å². The summed E-state index contributed by atoms with van der Waals surface area (Å²) in [5, 5.41) is 0. The fourth-order valence-corrected chi connectivity index (χ4v) is 1.66. The van der Waals surface area contributed by atoms with Crippen LogP contribution in [-0.2, 0) is 4.79 Å². The molecule has 1 aromatic rings. The molecule has 1 heterocycles. The zero-order valence-electron chi connectivity index (χ0n) is 11.6. The normalized spacial score (nSPS) is 14.3. The maximum atomic E-state index is 12.1. The Balaban J connectivity index is 2.64. The lowest BCUT2D eigenvalue weighted by Gasteiger charge is -2.27. The smallest absolute Gasteiger partial charge is 0.224 e. The molecular weight excluding hydrogens is 226 g/mol. The van der Waals surface area contributed by atoms with Crippen molar-refractivity contribution in [2.24, 2.45) is 11.7 Å². The van der Waals surface area contributed by atoms with Gasteiger partial charge in [0.2, 0.25) is 5.91 Å². The second-order valence-corrected chi connectivity index (χ2v) is 5.07. The maximum absolute atomic E-state index is 12.1. The Morgan fingerprint density at radius 3 is 2.39 bits per heavy atom. The van der Waals surface area contributed by atoms with Crippen LogP contribution in [0.2, 0.25) is 0 Å². The lowest BCUT2D eigenvalue weighted by molar-refractivity contribution is -0.132. The van der Waals surface area contributed by atoms with Gasteiger partial charge < -0.3 is 10.6 Å². The molecule has 18 heavy (non-hydrogen) atoms. The van der Waals surface area contributed by atoms with Crippen LogP contribution in [0.15, 0.2) is 24.5 Å². The van der Waals surface area contributed by atoms with Gasteiger partial charge in [-0.3, -0.25) is 9.78 Å². The van der Waals surface area contributed by atoms with Gasteiger partial charge >= 0.3 is 0 Å². The number of aromatic nitrogens is 1. The van der Waals surface area contributed by atoms with Crippen molar-refractivity contribution in [3.05, 3.63) is 30.1 Å². The molecule has 0 saturated carbocycles. The molecule has 0 aliphatic rings. The van der Waals surface area contributed by atoms with Crippen LogP contribution in [0.4, 0.5) is 0 Å². The van der Waals surface area contributed by atoms with Gasteiger partial charge in [0.15, 0.2) is 0 Å². The number of carbonyl (C=O) groups excluding carboxylic acids is 1. The molecule has 1 aromatic heterocycles. The lowest BCUT2D eigenvalue weighted by atomic mass is 10.0. The van der Waals surface area contributed by atoms with Crippen molar-refractivity contribution < 1.29 is 4.79 Å². The molecule has 2 unspecified atom stereocenters. The van der Waals surface area contributed by atoms with Gasteiger partial charge in [-0.2, -0.15) is 0 Å². The Labute approximate surface area is 109 Å². The van der Waals surface area contributed by atoms with Crippen LogP contribution in [0.1, 0.15) is 38.8 Å². The molecule has 0 spiro atoms. The van der Waals surface area contributed by atoms with E-state index in [1.54, 1.807) is 17.3 Å². The summed E-state index contributed by atoms with van der Waals surface area (Å²) in [6.45, 7) is 6.07. The zero-order valence-corrected chi connectivity index (χ0v) is 11.6. The number of nitrogens with zero attached hydrogens (tertiary/aromatic N) is 2. The Morgan fingerprint density at radius 1 is 1.33 bits per heavy atom. The summed E-state index contributed by atoms with van der Waals surface area (Å²) in [4.78, 5) is 17.8. The van der Waals surface area contributed by atoms with Crippen molar-refractivity contribution >= 4 is 5.91 Å². The van der Waals surface area contributed by atoms with Crippen LogP contribution in [0.3, 0.4) is 0 Å². The molecular formula is C14H23N3O. The monoisotopic (exact) mass is 249 g/mol. The van der Waals surface area contributed by atoms with Gasteiger partial charge in [0.25, 0.3) is 0 Å². The molecule has 0 aliphatic heterocycles. The standard InChI is InChI=1S/C14H23N3O/c1-10(2)13(15)9-14(18)17(4)11(3)12-5-7-16-8-6-12/h5-8,10-11,13H,9,15H2,1-4H3. The summed E-state index contributed by atoms with van der Waals surface area (Å²) < 4.78 is 0. The predicted molar refractivity (Wildman–Crippen MR) is 72.9 cm³/mol. The average molecular weight is 249 g/mol. The summed E-state index contributed by atoms with van der Waals surface area (Å²) in [6, 6.07) is 3.82. The van der Waals surface area contributed by atoms with Crippen LogP contribution in [0, 0.1) is 5.92 Å². The molecule has 2 atom stereocenters. The van der Waals surface area contributed by atoms with Crippen molar-refractivity contribution in [3.8, 4) is 0 Å². The second kappa shape index (κ2) is 6.50. The first-order valence-electron chi connectivity index (χ1n) is 6.34. The highest BCUT2D eigenvalue weighted by Crippen LogP contribution is 2.19. The molecule has 4 nitrogen and oxygen atoms in total. The fraction of sp³-hybridized carbons (Fsp3) is 0.571. The third kappa shape index (κ3) is 3.81. The molecule has 0 radical (unpaired) electrons. The van der Waals surface area contributed by atoms with Crippen molar-refractivity contribution in [2.75, 3.05) is 7.05 Å². The van der Waals surface area contributed by atoms with E-state index in [0.717, 1.165) is 5.56 Å². The molecule has 2 N–H and O–H groups in total. The molecule has 0 aliphatic carbocycles. The predicted octanol–water partition coefficient (Wildman–Crippen LogP) is 1.97. The minimum atomic E-state index is -0.0791. The van der Waals surface area contributed by atoms with E-state index in [2.05, 4.69) is 4.98 Å². The van der Waals surface area contributed by atoms with E-state index in [9.17, 15) is 4.79 Å². The van der Waals surface area contributed by atoms with Gasteiger partial charge in [-0.1, -0.05) is 13.8 Å². The third-order valence-corrected chi connectivity index (χ3v) is 3.43. The molecule has 100 valence electrons. The van der Waals surface area contributed by atoms with Crippen molar-refractivity contribution in [2.45, 2.75) is 39.3 Å². The van der Waals surface area contributed by atoms with E-state index < -0.39 is 0 Å². The van der Waals surface area contributed by atoms with Gasteiger partial charge in [0.05, 0.1) is 6.04 Å². The molecule has 0 aromatic carbocycles. The number of hydrogen-bond donors (Lipinski definition) is 1. The molecule has 4 heteroatoms. The number of pyridine rings is 1. The van der Waals surface area contributed by atoms with E-state index in [1.807, 2.05) is 40.0 Å². The molecule has 0 fully saturated rings. The number of rotatable bonds is 5. The highest BCUT2D eigenvalue weighted by Gasteiger charge is 2.20. The van der Waals surface area contributed by atoms with Crippen LogP contribution in [0.25, 0.3) is 0 Å². The van der Waals surface area contributed by atoms with Crippen LogP contribution in [0.5, 0.6) is 0 Å². The highest BCUT2D eigenvalue weighted by atomic mass is 16.2. The Bertz CT molecular complexity index is 378. The summed E-state index contributed by atoms with van der Waals surface area (Å²) in [5.41, 5.74) is 7.02. The minimum absolute atomic E-state index is 0.0415. The molecule has 1 amide bonds. The second-order valence-electron chi connectivity index (χ2n) is 5.07. The molecule has 0 bridgehead atoms. The largest absolute Gasteiger partial charge is 0.339 e. The summed E-state index contributed by atoms with van der Waals surface area (Å²) in [6.07, 6.45) is 3.87. The zero-order chi connectivity index (χ0) is 13.7. The SMILES string of the molecule is CC(C)C(N)CC(=O)N(C)C(C)c1ccncc1. The number of amides is 1. The van der Waals surface area contributed by atoms with Crippen LogP contribution < -0.4 is 5.73 Å². The average Bonchev–Trinajstić information content (AvgIpc) is 2.37. The minimum Gasteiger partial charge on any atom is -0.339 e. The van der Waals surface area contributed by atoms with E-state index >= 15 is 0 Å². The maximum Gasteiger partial charge on any atom is 0.224 e. The Hall–Kier alpha value is -1.42. The van der Waals surface area contributed by atoms with Gasteiger partial charge in [-0.25, -0.2) is 0 Å². The summed E-state index contributed by atoms with van der Waals surface area (Å²) >= 11 is 0. The lowest BCUT2D eigenvalue weighted by Crippen LogP contribution is -2.37. The number of hydrogen-bond acceptors (Lipinski definition) is 3. The molecule has 1 rings (SSSR count). The van der Waals surface area contributed by atoms with E-state index in [4.69, 9.17) is 5.73 Å². The van der Waals surface area contributed by atoms with Gasteiger partial charge in [-0.15, -0.1) is 0 Å². The van der Waals surface area contributed by atoms with E-state index in [1.165, 1.54) is 0 Å². The first kappa shape index (κ1) is 14.6. The van der Waals surface area contributed by atoms with E-state index in [0.29, 0.717) is 12.3 Å². The highest BCUT2D eigenvalue weighted by molar-refractivity contribution is 5.77. The van der Waals surface area contributed by atoms with Gasteiger partial charge in [-0.05, 0) is 30.5 Å². The fourth-order valence-electron chi connectivity index (χ4n) is 1.66. The first-order chi connectivity index (χ1) is 8.43. The Morgan fingerprint density at radius 2 is 1.89 bits per heavy atom. The van der Waals surface area contributed by atoms with Crippen LogP contribution in [-0.4, -0.2) is 28.9 Å². The Kier molecular flexibility index (Phi) is 5.28.